The summed E-state index contributed by atoms with van der Waals surface area (Å²) in [4.78, 5) is 19.1. The van der Waals surface area contributed by atoms with Crippen LogP contribution >= 0.6 is 11.3 Å². The first-order valence-corrected chi connectivity index (χ1v) is 12.8. The van der Waals surface area contributed by atoms with Gasteiger partial charge in [-0.1, -0.05) is 5.16 Å². The maximum atomic E-state index is 12.6. The smallest absolute Gasteiger partial charge is 0.244 e. The fraction of sp³-hybridized carbons (Fsp3) is 0.632. The molecule has 4 heterocycles. The van der Waals surface area contributed by atoms with E-state index in [9.17, 15) is 13.2 Å². The number of piperidine rings is 1. The lowest BCUT2D eigenvalue weighted by Crippen LogP contribution is -2.44. The molecule has 1 amide bonds. The summed E-state index contributed by atoms with van der Waals surface area (Å²) in [6, 6.07) is 1.86. The number of amides is 1. The molecule has 2 aliphatic rings. The normalized spacial score (nSPS) is 22.5. The second-order valence-corrected chi connectivity index (χ2v) is 11.1. The SMILES string of the molecule is Cc1noc(C2CC3(CCN(S(C)(=O)=O)CC3)CN2CC(=O)NCc2ccsc2)n1. The van der Waals surface area contributed by atoms with E-state index in [0.29, 0.717) is 37.9 Å². The van der Waals surface area contributed by atoms with Crippen LogP contribution in [0.15, 0.2) is 21.3 Å². The minimum atomic E-state index is -3.18. The van der Waals surface area contributed by atoms with Crippen LogP contribution in [0.5, 0.6) is 0 Å². The van der Waals surface area contributed by atoms with E-state index >= 15 is 0 Å². The summed E-state index contributed by atoms with van der Waals surface area (Å²) in [7, 11) is -3.18. The van der Waals surface area contributed by atoms with Crippen molar-refractivity contribution in [1.29, 1.82) is 0 Å². The molecular weight excluding hydrogens is 426 g/mol. The highest BCUT2D eigenvalue weighted by molar-refractivity contribution is 7.88. The standard InChI is InChI=1S/C19H27N5O4S2/c1-14-21-18(28-22-14)16-9-19(4-6-24(7-5-19)30(2,26)27)13-23(16)11-17(25)20-10-15-3-8-29-12-15/h3,8,12,16H,4-7,9-11,13H2,1-2H3,(H,20,25). The first-order valence-electron chi connectivity index (χ1n) is 10.0. The van der Waals surface area contributed by atoms with Crippen molar-refractivity contribution in [1.82, 2.24) is 24.7 Å². The summed E-state index contributed by atoms with van der Waals surface area (Å²) in [5, 5.41) is 10.9. The largest absolute Gasteiger partial charge is 0.351 e. The van der Waals surface area contributed by atoms with Crippen molar-refractivity contribution >= 4 is 27.3 Å². The van der Waals surface area contributed by atoms with E-state index in [4.69, 9.17) is 4.52 Å². The van der Waals surface area contributed by atoms with Gasteiger partial charge >= 0.3 is 0 Å². The first kappa shape index (κ1) is 21.4. The van der Waals surface area contributed by atoms with E-state index in [2.05, 4.69) is 20.4 Å². The quantitative estimate of drug-likeness (QED) is 0.707. The Morgan fingerprint density at radius 3 is 2.77 bits per heavy atom. The van der Waals surface area contributed by atoms with Gasteiger partial charge in [-0.2, -0.15) is 16.3 Å². The third kappa shape index (κ3) is 4.74. The predicted octanol–water partition coefficient (Wildman–Crippen LogP) is 1.54. The Bertz CT molecular complexity index is 980. The Labute approximate surface area is 180 Å². The van der Waals surface area contributed by atoms with Crippen molar-refractivity contribution in [3.63, 3.8) is 0 Å². The minimum absolute atomic E-state index is 0.0481. The van der Waals surface area contributed by atoms with Gasteiger partial charge in [-0.25, -0.2) is 12.7 Å². The fourth-order valence-corrected chi connectivity index (χ4v) is 6.01. The van der Waals surface area contributed by atoms with Crippen LogP contribution in [0.4, 0.5) is 0 Å². The Kier molecular flexibility index (Phi) is 5.97. The minimum Gasteiger partial charge on any atom is -0.351 e. The second-order valence-electron chi connectivity index (χ2n) is 8.38. The lowest BCUT2D eigenvalue weighted by Gasteiger charge is -2.38. The number of hydrogen-bond donors (Lipinski definition) is 1. The number of nitrogens with zero attached hydrogens (tertiary/aromatic N) is 4. The first-order chi connectivity index (χ1) is 14.2. The summed E-state index contributed by atoms with van der Waals surface area (Å²) in [6.07, 6.45) is 3.56. The van der Waals surface area contributed by atoms with Crippen molar-refractivity contribution in [2.45, 2.75) is 38.8 Å². The van der Waals surface area contributed by atoms with E-state index in [0.717, 1.165) is 24.8 Å². The van der Waals surface area contributed by atoms with Gasteiger partial charge in [0.25, 0.3) is 0 Å². The van der Waals surface area contributed by atoms with Gasteiger partial charge in [0.15, 0.2) is 5.82 Å². The molecule has 0 radical (unpaired) electrons. The summed E-state index contributed by atoms with van der Waals surface area (Å²) >= 11 is 1.60. The molecule has 4 rings (SSSR count). The van der Waals surface area contributed by atoms with Gasteiger partial charge in [-0.05, 0) is 54.0 Å². The van der Waals surface area contributed by atoms with Crippen LogP contribution in [-0.4, -0.2) is 66.1 Å². The topological polar surface area (TPSA) is 109 Å². The van der Waals surface area contributed by atoms with E-state index < -0.39 is 10.0 Å². The summed E-state index contributed by atoms with van der Waals surface area (Å²) < 4.78 is 30.8. The van der Waals surface area contributed by atoms with E-state index in [1.807, 2.05) is 16.8 Å². The number of sulfonamides is 1. The molecule has 9 nitrogen and oxygen atoms in total. The maximum absolute atomic E-state index is 12.6. The van der Waals surface area contributed by atoms with Crippen LogP contribution in [0.25, 0.3) is 0 Å². The molecule has 2 aliphatic heterocycles. The van der Waals surface area contributed by atoms with Gasteiger partial charge in [0.2, 0.25) is 21.8 Å². The van der Waals surface area contributed by atoms with Crippen LogP contribution in [0.1, 0.15) is 42.6 Å². The second kappa shape index (κ2) is 8.37. The van der Waals surface area contributed by atoms with Gasteiger partial charge in [-0.15, -0.1) is 0 Å². The lowest BCUT2D eigenvalue weighted by molar-refractivity contribution is -0.122. The molecule has 164 valence electrons. The van der Waals surface area contributed by atoms with Crippen LogP contribution < -0.4 is 5.32 Å². The number of hydrogen-bond acceptors (Lipinski definition) is 8. The molecular formula is C19H27N5O4S2. The molecule has 2 fully saturated rings. The third-order valence-electron chi connectivity index (χ3n) is 6.10. The Hall–Kier alpha value is -1.82. The maximum Gasteiger partial charge on any atom is 0.244 e. The molecule has 30 heavy (non-hydrogen) atoms. The van der Waals surface area contributed by atoms with Crippen LogP contribution in [-0.2, 0) is 21.4 Å². The molecule has 0 aliphatic carbocycles. The molecule has 1 N–H and O–H groups in total. The number of nitrogens with one attached hydrogen (secondary N) is 1. The molecule has 0 aromatic carbocycles. The number of carbonyl (C=O) groups is 1. The third-order valence-corrected chi connectivity index (χ3v) is 8.14. The average Bonchev–Trinajstić information content (AvgIpc) is 3.41. The Balaban J connectivity index is 1.45. The molecule has 2 aromatic heterocycles. The van der Waals surface area contributed by atoms with Gasteiger partial charge in [0, 0.05) is 26.2 Å². The Morgan fingerprint density at radius 1 is 1.40 bits per heavy atom. The van der Waals surface area contributed by atoms with Crippen LogP contribution in [0.2, 0.25) is 0 Å². The molecule has 11 heteroatoms. The Morgan fingerprint density at radius 2 is 2.17 bits per heavy atom. The van der Waals surface area contributed by atoms with Gasteiger partial charge in [-0.3, -0.25) is 9.69 Å². The summed E-state index contributed by atoms with van der Waals surface area (Å²) in [5.41, 5.74) is 1.03. The number of thiophene rings is 1. The highest BCUT2D eigenvalue weighted by Crippen LogP contribution is 2.48. The van der Waals surface area contributed by atoms with Gasteiger partial charge in [0.05, 0.1) is 18.8 Å². The number of aromatic nitrogens is 2. The van der Waals surface area contributed by atoms with E-state index in [1.54, 1.807) is 22.6 Å². The predicted molar refractivity (Wildman–Crippen MR) is 112 cm³/mol. The van der Waals surface area contributed by atoms with Crippen LogP contribution in [0.3, 0.4) is 0 Å². The van der Waals surface area contributed by atoms with E-state index in [1.165, 1.54) is 6.26 Å². The lowest BCUT2D eigenvalue weighted by atomic mass is 9.77. The van der Waals surface area contributed by atoms with Gasteiger partial charge in [0.1, 0.15) is 0 Å². The van der Waals surface area contributed by atoms with Gasteiger partial charge < -0.3 is 9.84 Å². The zero-order valence-electron chi connectivity index (χ0n) is 17.2. The zero-order chi connectivity index (χ0) is 21.4. The molecule has 2 aromatic rings. The molecule has 0 saturated carbocycles. The molecule has 0 bridgehead atoms. The number of rotatable bonds is 6. The average molecular weight is 454 g/mol. The monoisotopic (exact) mass is 453 g/mol. The number of carbonyl (C=O) groups excluding carboxylic acids is 1. The summed E-state index contributed by atoms with van der Waals surface area (Å²) in [5.74, 6) is 1.05. The molecule has 1 spiro atoms. The van der Waals surface area contributed by atoms with E-state index in [-0.39, 0.29) is 23.9 Å². The van der Waals surface area contributed by atoms with Crippen molar-refractivity contribution in [3.8, 4) is 0 Å². The molecule has 1 atom stereocenters. The van der Waals surface area contributed by atoms with Crippen molar-refractivity contribution < 1.29 is 17.7 Å². The zero-order valence-corrected chi connectivity index (χ0v) is 18.8. The van der Waals surface area contributed by atoms with Crippen LogP contribution in [0, 0.1) is 12.3 Å². The highest BCUT2D eigenvalue weighted by atomic mass is 32.2. The van der Waals surface area contributed by atoms with Crippen molar-refractivity contribution in [2.75, 3.05) is 32.4 Å². The van der Waals surface area contributed by atoms with Crippen molar-refractivity contribution in [3.05, 3.63) is 34.1 Å². The fourth-order valence-electron chi connectivity index (χ4n) is 4.49. The number of likely N-dealkylation sites (tertiary alicyclic amines) is 1. The summed E-state index contributed by atoms with van der Waals surface area (Å²) in [6.45, 7) is 4.25. The van der Waals surface area contributed by atoms with Crippen molar-refractivity contribution in [2.24, 2.45) is 5.41 Å². The number of aryl methyl sites for hydroxylation is 1. The molecule has 2 saturated heterocycles. The molecule has 1 unspecified atom stereocenters. The highest BCUT2D eigenvalue weighted by Gasteiger charge is 2.48.